The van der Waals surface area contributed by atoms with E-state index in [1.165, 1.54) is 12.8 Å². The maximum absolute atomic E-state index is 9.02. The molecule has 0 aliphatic carbocycles. The Labute approximate surface area is 93.9 Å². The molecule has 0 spiro atoms. The second kappa shape index (κ2) is 6.46. The highest BCUT2D eigenvalue weighted by molar-refractivity contribution is 4.84. The first-order chi connectivity index (χ1) is 7.21. The molecule has 1 fully saturated rings. The molecule has 0 aromatic carbocycles. The van der Waals surface area contributed by atoms with Gasteiger partial charge in [0.05, 0.1) is 0 Å². The lowest BCUT2D eigenvalue weighted by Gasteiger charge is -2.40. The molecule has 15 heavy (non-hydrogen) atoms. The Bertz CT molecular complexity index is 175. The van der Waals surface area contributed by atoms with Gasteiger partial charge in [0.1, 0.15) is 0 Å². The smallest absolute Gasteiger partial charge is 0.0434 e. The Hall–Kier alpha value is -0.120. The molecule has 0 bridgehead atoms. The lowest BCUT2D eigenvalue weighted by molar-refractivity contribution is 0.0913. The van der Waals surface area contributed by atoms with Gasteiger partial charge in [-0.2, -0.15) is 0 Å². The van der Waals surface area contributed by atoms with Crippen molar-refractivity contribution in [1.82, 2.24) is 10.2 Å². The van der Waals surface area contributed by atoms with Gasteiger partial charge < -0.3 is 10.4 Å². The van der Waals surface area contributed by atoms with E-state index in [-0.39, 0.29) is 0 Å². The fourth-order valence-corrected chi connectivity index (χ4v) is 2.46. The number of hydrogen-bond acceptors (Lipinski definition) is 3. The summed E-state index contributed by atoms with van der Waals surface area (Å²) in [6, 6.07) is 1.27. The van der Waals surface area contributed by atoms with E-state index >= 15 is 0 Å². The highest BCUT2D eigenvalue weighted by Gasteiger charge is 2.27. The standard InChI is InChI=1S/C12H26N2O/c1-4-10(2)14-8-11(5-6-15)7-12(9-14)13-3/h10-13,15H,4-9H2,1-3H3. The third-order valence-corrected chi connectivity index (χ3v) is 3.73. The molecule has 0 saturated carbocycles. The number of likely N-dealkylation sites (N-methyl/N-ethyl adjacent to an activating group) is 1. The fraction of sp³-hybridized carbons (Fsp3) is 1.00. The molecule has 1 heterocycles. The van der Waals surface area contributed by atoms with Crippen molar-refractivity contribution in [3.05, 3.63) is 0 Å². The first-order valence-corrected chi connectivity index (χ1v) is 6.23. The number of nitrogens with zero attached hydrogens (tertiary/aromatic N) is 1. The van der Waals surface area contributed by atoms with Crippen molar-refractivity contribution in [3.63, 3.8) is 0 Å². The summed E-state index contributed by atoms with van der Waals surface area (Å²) in [6.07, 6.45) is 3.37. The van der Waals surface area contributed by atoms with Crippen LogP contribution in [0.4, 0.5) is 0 Å². The van der Waals surface area contributed by atoms with Gasteiger partial charge in [-0.15, -0.1) is 0 Å². The number of likely N-dealkylation sites (tertiary alicyclic amines) is 1. The minimum absolute atomic E-state index is 0.329. The van der Waals surface area contributed by atoms with Crippen LogP contribution in [0.5, 0.6) is 0 Å². The average Bonchev–Trinajstić information content (AvgIpc) is 2.28. The van der Waals surface area contributed by atoms with Crippen molar-refractivity contribution >= 4 is 0 Å². The SMILES string of the molecule is CCC(C)N1CC(CCO)CC(NC)C1. The molecule has 1 saturated heterocycles. The number of rotatable bonds is 5. The molecule has 1 aliphatic rings. The number of nitrogens with one attached hydrogen (secondary N) is 1. The Morgan fingerprint density at radius 2 is 2.20 bits per heavy atom. The third-order valence-electron chi connectivity index (χ3n) is 3.73. The van der Waals surface area contributed by atoms with E-state index in [1.807, 2.05) is 7.05 Å². The molecule has 3 nitrogen and oxygen atoms in total. The fourth-order valence-electron chi connectivity index (χ4n) is 2.46. The van der Waals surface area contributed by atoms with Gasteiger partial charge in [-0.05, 0) is 39.2 Å². The summed E-state index contributed by atoms with van der Waals surface area (Å²) in [5.74, 6) is 0.662. The minimum Gasteiger partial charge on any atom is -0.396 e. The molecule has 0 radical (unpaired) electrons. The largest absolute Gasteiger partial charge is 0.396 e. The maximum Gasteiger partial charge on any atom is 0.0434 e. The normalized spacial score (nSPS) is 30.4. The molecule has 3 atom stereocenters. The van der Waals surface area contributed by atoms with Crippen molar-refractivity contribution in [2.75, 3.05) is 26.7 Å². The van der Waals surface area contributed by atoms with Crippen LogP contribution in [0.3, 0.4) is 0 Å². The zero-order valence-electron chi connectivity index (χ0n) is 10.4. The molecule has 3 heteroatoms. The van der Waals surface area contributed by atoms with Crippen molar-refractivity contribution in [3.8, 4) is 0 Å². The Balaban J connectivity index is 2.50. The van der Waals surface area contributed by atoms with E-state index < -0.39 is 0 Å². The van der Waals surface area contributed by atoms with Crippen LogP contribution in [0.1, 0.15) is 33.1 Å². The second-order valence-electron chi connectivity index (χ2n) is 4.81. The molecule has 0 aromatic heterocycles. The van der Waals surface area contributed by atoms with Crippen LogP contribution in [0.15, 0.2) is 0 Å². The molecule has 0 amide bonds. The van der Waals surface area contributed by atoms with Crippen LogP contribution in [0, 0.1) is 5.92 Å². The minimum atomic E-state index is 0.329. The van der Waals surface area contributed by atoms with Gasteiger partial charge in [0, 0.05) is 31.8 Å². The summed E-state index contributed by atoms with van der Waals surface area (Å²) in [5, 5.41) is 12.4. The van der Waals surface area contributed by atoms with E-state index in [2.05, 4.69) is 24.1 Å². The average molecular weight is 214 g/mol. The predicted molar refractivity (Wildman–Crippen MR) is 64.0 cm³/mol. The molecular formula is C12H26N2O. The maximum atomic E-state index is 9.02. The lowest BCUT2D eigenvalue weighted by Crippen LogP contribution is -2.51. The molecule has 1 rings (SSSR count). The molecule has 1 aliphatic heterocycles. The van der Waals surface area contributed by atoms with Gasteiger partial charge in [0.25, 0.3) is 0 Å². The zero-order chi connectivity index (χ0) is 11.3. The molecular weight excluding hydrogens is 188 g/mol. The summed E-state index contributed by atoms with van der Waals surface area (Å²) in [4.78, 5) is 2.56. The van der Waals surface area contributed by atoms with E-state index in [9.17, 15) is 0 Å². The summed E-state index contributed by atoms with van der Waals surface area (Å²) in [6.45, 7) is 7.19. The molecule has 3 unspecified atom stereocenters. The van der Waals surface area contributed by atoms with Crippen LogP contribution < -0.4 is 5.32 Å². The van der Waals surface area contributed by atoms with E-state index in [4.69, 9.17) is 5.11 Å². The number of aliphatic hydroxyl groups excluding tert-OH is 1. The van der Waals surface area contributed by atoms with Crippen molar-refractivity contribution in [2.24, 2.45) is 5.92 Å². The Morgan fingerprint density at radius 1 is 1.47 bits per heavy atom. The predicted octanol–water partition coefficient (Wildman–Crippen LogP) is 1.08. The van der Waals surface area contributed by atoms with Gasteiger partial charge in [-0.1, -0.05) is 6.92 Å². The first kappa shape index (κ1) is 12.9. The van der Waals surface area contributed by atoms with E-state index in [1.54, 1.807) is 0 Å². The molecule has 90 valence electrons. The highest BCUT2D eigenvalue weighted by atomic mass is 16.3. The number of piperidine rings is 1. The van der Waals surface area contributed by atoms with Gasteiger partial charge >= 0.3 is 0 Å². The third kappa shape index (κ3) is 3.74. The lowest BCUT2D eigenvalue weighted by atomic mass is 9.90. The van der Waals surface area contributed by atoms with Crippen LogP contribution >= 0.6 is 0 Å². The number of aliphatic hydroxyl groups is 1. The summed E-state index contributed by atoms with van der Waals surface area (Å²) >= 11 is 0. The van der Waals surface area contributed by atoms with Crippen LogP contribution in [0.25, 0.3) is 0 Å². The topological polar surface area (TPSA) is 35.5 Å². The van der Waals surface area contributed by atoms with Crippen molar-refractivity contribution in [1.29, 1.82) is 0 Å². The summed E-state index contributed by atoms with van der Waals surface area (Å²) < 4.78 is 0. The molecule has 2 N–H and O–H groups in total. The molecule has 0 aromatic rings. The van der Waals surface area contributed by atoms with Gasteiger partial charge in [0.15, 0.2) is 0 Å². The first-order valence-electron chi connectivity index (χ1n) is 6.23. The zero-order valence-corrected chi connectivity index (χ0v) is 10.4. The monoisotopic (exact) mass is 214 g/mol. The number of hydrogen-bond donors (Lipinski definition) is 2. The van der Waals surface area contributed by atoms with Gasteiger partial charge in [-0.25, -0.2) is 0 Å². The Morgan fingerprint density at radius 3 is 2.73 bits per heavy atom. The Kier molecular flexibility index (Phi) is 5.58. The summed E-state index contributed by atoms with van der Waals surface area (Å²) in [7, 11) is 2.04. The van der Waals surface area contributed by atoms with Crippen LogP contribution in [-0.4, -0.2) is 48.8 Å². The van der Waals surface area contributed by atoms with Crippen LogP contribution in [0.2, 0.25) is 0 Å². The summed E-state index contributed by atoms with van der Waals surface area (Å²) in [5.41, 5.74) is 0. The van der Waals surface area contributed by atoms with Crippen molar-refractivity contribution < 1.29 is 5.11 Å². The van der Waals surface area contributed by atoms with E-state index in [0.29, 0.717) is 24.6 Å². The quantitative estimate of drug-likeness (QED) is 0.719. The van der Waals surface area contributed by atoms with Gasteiger partial charge in [0.2, 0.25) is 0 Å². The second-order valence-corrected chi connectivity index (χ2v) is 4.81. The van der Waals surface area contributed by atoms with Crippen molar-refractivity contribution in [2.45, 2.75) is 45.2 Å². The van der Waals surface area contributed by atoms with Gasteiger partial charge in [-0.3, -0.25) is 4.90 Å². The highest BCUT2D eigenvalue weighted by Crippen LogP contribution is 2.22. The van der Waals surface area contributed by atoms with E-state index in [0.717, 1.165) is 19.5 Å². The van der Waals surface area contributed by atoms with Crippen LogP contribution in [-0.2, 0) is 0 Å².